The van der Waals surface area contributed by atoms with Gasteiger partial charge in [-0.05, 0) is 37.1 Å². The topological polar surface area (TPSA) is 87.6 Å². The summed E-state index contributed by atoms with van der Waals surface area (Å²) < 4.78 is 30.4. The first-order chi connectivity index (χ1) is 15.0. The molecule has 156 valence electrons. The predicted molar refractivity (Wildman–Crippen MR) is 119 cm³/mol. The van der Waals surface area contributed by atoms with Crippen molar-refractivity contribution in [2.75, 3.05) is 18.8 Å². The lowest BCUT2D eigenvalue weighted by Crippen LogP contribution is -2.29. The van der Waals surface area contributed by atoms with E-state index in [-0.39, 0.29) is 42.7 Å². The second-order valence-electron chi connectivity index (χ2n) is 7.50. The first kappa shape index (κ1) is 20.1. The molecule has 0 spiro atoms. The van der Waals surface area contributed by atoms with Gasteiger partial charge in [0.15, 0.2) is 5.82 Å². The summed E-state index contributed by atoms with van der Waals surface area (Å²) >= 11 is 7.54. The van der Waals surface area contributed by atoms with E-state index >= 15 is 4.39 Å². The van der Waals surface area contributed by atoms with Gasteiger partial charge in [-0.15, -0.1) is 11.3 Å². The molecule has 3 heterocycles. The monoisotopic (exact) mass is 455 g/mol. The lowest BCUT2D eigenvalue weighted by atomic mass is 9.91. The normalized spacial score (nSPS) is 16.6. The first-order valence-corrected chi connectivity index (χ1v) is 10.9. The molecule has 5 nitrogen and oxygen atoms in total. The van der Waals surface area contributed by atoms with Gasteiger partial charge in [0.1, 0.15) is 28.7 Å². The quantitative estimate of drug-likeness (QED) is 0.424. The fourth-order valence-corrected chi connectivity index (χ4v) is 5.56. The van der Waals surface area contributed by atoms with E-state index in [1.807, 2.05) is 6.07 Å². The van der Waals surface area contributed by atoms with E-state index in [1.54, 1.807) is 6.07 Å². The van der Waals surface area contributed by atoms with Crippen LogP contribution in [0.1, 0.15) is 30.0 Å². The highest BCUT2D eigenvalue weighted by Gasteiger charge is 2.26. The zero-order valence-electron chi connectivity index (χ0n) is 16.2. The summed E-state index contributed by atoms with van der Waals surface area (Å²) in [5, 5.41) is 14.0. The zero-order valence-corrected chi connectivity index (χ0v) is 17.7. The Kier molecular flexibility index (Phi) is 4.97. The van der Waals surface area contributed by atoms with Crippen LogP contribution in [0, 0.1) is 23.0 Å². The highest BCUT2D eigenvalue weighted by atomic mass is 35.5. The molecule has 4 aromatic rings. The molecule has 2 aromatic heterocycles. The van der Waals surface area contributed by atoms with Crippen LogP contribution in [-0.2, 0) is 0 Å². The summed E-state index contributed by atoms with van der Waals surface area (Å²) in [6, 6.07) is 6.32. The SMILES string of the molecule is N#Cc1c(N)sc2c(F)ccc(-c3c(Cl)cc4c(C5CCCNC5)ncnc4c3F)c12. The number of hydrogen-bond acceptors (Lipinski definition) is 6. The first-order valence-electron chi connectivity index (χ1n) is 9.75. The molecule has 5 rings (SSSR count). The molecule has 1 atom stereocenters. The number of hydrogen-bond donors (Lipinski definition) is 2. The molecule has 9 heteroatoms. The minimum absolute atomic E-state index is 0.0693. The Hall–Kier alpha value is -2.86. The summed E-state index contributed by atoms with van der Waals surface area (Å²) in [5.74, 6) is -1.01. The smallest absolute Gasteiger partial charge is 0.158 e. The van der Waals surface area contributed by atoms with Crippen molar-refractivity contribution in [2.45, 2.75) is 18.8 Å². The molecule has 0 radical (unpaired) electrons. The maximum Gasteiger partial charge on any atom is 0.158 e. The lowest BCUT2D eigenvalue weighted by Gasteiger charge is -2.23. The molecule has 1 fully saturated rings. The standard InChI is InChI=1S/C22H16ClF2N5S/c23-14-6-12-19(10-2-1-5-28-8-10)29-9-30-20(12)18(25)17(14)11-3-4-15(24)21-16(11)13(7-26)22(27)31-21/h3-4,6,9-10,28H,1-2,5,8,27H2. The molecular weight excluding hydrogens is 440 g/mol. The van der Waals surface area contributed by atoms with Crippen LogP contribution in [0.4, 0.5) is 13.8 Å². The largest absolute Gasteiger partial charge is 0.389 e. The Morgan fingerprint density at radius 3 is 2.87 bits per heavy atom. The molecule has 3 N–H and O–H groups in total. The molecule has 31 heavy (non-hydrogen) atoms. The van der Waals surface area contributed by atoms with Gasteiger partial charge in [-0.3, -0.25) is 0 Å². The molecular formula is C22H16ClF2N5S. The van der Waals surface area contributed by atoms with Crippen molar-refractivity contribution in [3.05, 3.63) is 52.4 Å². The number of piperidine rings is 1. The number of halogens is 3. The van der Waals surface area contributed by atoms with E-state index in [2.05, 4.69) is 15.3 Å². The van der Waals surface area contributed by atoms with Gasteiger partial charge in [0, 0.05) is 28.8 Å². The van der Waals surface area contributed by atoms with E-state index < -0.39 is 11.6 Å². The molecule has 1 unspecified atom stereocenters. The van der Waals surface area contributed by atoms with E-state index in [4.69, 9.17) is 17.3 Å². The number of nitrogens with two attached hydrogens (primary N) is 1. The summed E-state index contributed by atoms with van der Waals surface area (Å²) in [6.45, 7) is 1.70. The predicted octanol–water partition coefficient (Wildman–Crippen LogP) is 5.36. The van der Waals surface area contributed by atoms with Crippen molar-refractivity contribution >= 4 is 48.9 Å². The van der Waals surface area contributed by atoms with E-state index in [9.17, 15) is 9.65 Å². The van der Waals surface area contributed by atoms with Gasteiger partial charge in [0.25, 0.3) is 0 Å². The van der Waals surface area contributed by atoms with Crippen LogP contribution in [-0.4, -0.2) is 23.1 Å². The average Bonchev–Trinajstić information content (AvgIpc) is 3.12. The maximum atomic E-state index is 15.8. The molecule has 0 bridgehead atoms. The van der Waals surface area contributed by atoms with Gasteiger partial charge in [0.05, 0.1) is 21.0 Å². The second-order valence-corrected chi connectivity index (χ2v) is 8.96. The highest BCUT2D eigenvalue weighted by molar-refractivity contribution is 7.23. The number of nitrogens with one attached hydrogen (secondary N) is 1. The van der Waals surface area contributed by atoms with E-state index in [1.165, 1.54) is 18.5 Å². The van der Waals surface area contributed by atoms with Crippen LogP contribution >= 0.6 is 22.9 Å². The third-order valence-electron chi connectivity index (χ3n) is 5.73. The number of nitriles is 1. The van der Waals surface area contributed by atoms with Crippen LogP contribution in [0.25, 0.3) is 32.1 Å². The fourth-order valence-electron chi connectivity index (χ4n) is 4.31. The van der Waals surface area contributed by atoms with Crippen molar-refractivity contribution in [1.82, 2.24) is 15.3 Å². The summed E-state index contributed by atoms with van der Waals surface area (Å²) in [7, 11) is 0. The lowest BCUT2D eigenvalue weighted by molar-refractivity contribution is 0.456. The van der Waals surface area contributed by atoms with Crippen LogP contribution in [0.3, 0.4) is 0 Å². The minimum Gasteiger partial charge on any atom is -0.389 e. The number of nitrogen functional groups attached to an aromatic ring is 1. The average molecular weight is 456 g/mol. The minimum atomic E-state index is -0.628. The van der Waals surface area contributed by atoms with Gasteiger partial charge in [-0.25, -0.2) is 18.7 Å². The number of benzene rings is 2. The van der Waals surface area contributed by atoms with E-state index in [0.717, 1.165) is 43.0 Å². The Bertz CT molecular complexity index is 1390. The number of fused-ring (bicyclic) bond motifs is 2. The molecule has 1 aliphatic rings. The van der Waals surface area contributed by atoms with Crippen molar-refractivity contribution in [1.29, 1.82) is 5.26 Å². The third kappa shape index (κ3) is 3.12. The van der Waals surface area contributed by atoms with Gasteiger partial charge >= 0.3 is 0 Å². The summed E-state index contributed by atoms with van der Waals surface area (Å²) in [5.41, 5.74) is 7.32. The Labute approximate surface area is 185 Å². The van der Waals surface area contributed by atoms with Crippen molar-refractivity contribution in [3.8, 4) is 17.2 Å². The number of nitrogens with zero attached hydrogens (tertiary/aromatic N) is 3. The summed E-state index contributed by atoms with van der Waals surface area (Å²) in [4.78, 5) is 8.61. The molecule has 2 aromatic carbocycles. The van der Waals surface area contributed by atoms with Crippen LogP contribution < -0.4 is 11.1 Å². The van der Waals surface area contributed by atoms with Crippen molar-refractivity contribution < 1.29 is 8.78 Å². The van der Waals surface area contributed by atoms with Crippen molar-refractivity contribution in [3.63, 3.8) is 0 Å². The van der Waals surface area contributed by atoms with Crippen molar-refractivity contribution in [2.24, 2.45) is 0 Å². The molecule has 0 amide bonds. The Balaban J connectivity index is 1.80. The third-order valence-corrected chi connectivity index (χ3v) is 7.06. The number of rotatable bonds is 2. The number of anilines is 1. The number of thiophene rings is 1. The molecule has 0 saturated carbocycles. The molecule has 1 aliphatic heterocycles. The maximum absolute atomic E-state index is 15.8. The van der Waals surface area contributed by atoms with Gasteiger partial charge in [-0.1, -0.05) is 17.7 Å². The second kappa shape index (κ2) is 7.68. The van der Waals surface area contributed by atoms with Gasteiger partial charge < -0.3 is 11.1 Å². The summed E-state index contributed by atoms with van der Waals surface area (Å²) in [6.07, 6.45) is 3.31. The fraction of sp³-hybridized carbons (Fsp3) is 0.227. The van der Waals surface area contributed by atoms with Crippen LogP contribution in [0.5, 0.6) is 0 Å². The van der Waals surface area contributed by atoms with Crippen LogP contribution in [0.15, 0.2) is 24.5 Å². The van der Waals surface area contributed by atoms with Crippen LogP contribution in [0.2, 0.25) is 5.02 Å². The highest BCUT2D eigenvalue weighted by Crippen LogP contribution is 2.45. The van der Waals surface area contributed by atoms with E-state index in [0.29, 0.717) is 10.9 Å². The molecule has 0 aliphatic carbocycles. The zero-order chi connectivity index (χ0) is 21.7. The Morgan fingerprint density at radius 2 is 2.13 bits per heavy atom. The Morgan fingerprint density at radius 1 is 1.29 bits per heavy atom. The number of aromatic nitrogens is 2. The molecule has 1 saturated heterocycles. The van der Waals surface area contributed by atoms with Gasteiger partial charge in [-0.2, -0.15) is 5.26 Å². The van der Waals surface area contributed by atoms with Gasteiger partial charge in [0.2, 0.25) is 0 Å².